The smallest absolute Gasteiger partial charge is 0.244 e. The van der Waals surface area contributed by atoms with Crippen molar-refractivity contribution in [2.24, 2.45) is 5.73 Å². The number of rotatable bonds is 5. The monoisotopic (exact) mass is 303 g/mol. The molecule has 0 bridgehead atoms. The first-order valence-electron chi connectivity index (χ1n) is 7.22. The van der Waals surface area contributed by atoms with E-state index in [1.807, 2.05) is 14.1 Å². The largest absolute Gasteiger partial charge is 0.368 e. The fourth-order valence-corrected chi connectivity index (χ4v) is 2.51. The molecular weight excluding hydrogens is 282 g/mol. The Hall–Kier alpha value is -2.44. The summed E-state index contributed by atoms with van der Waals surface area (Å²) >= 11 is 0. The standard InChI is InChI=1S/C15H21N5O2/c1-20(2)14-17-9-11(10-18-14)5-6-12(21)19-15(13(16)22)7-3-4-8-15/h5-6,9-10H,3-4,7-8H2,1-2H3,(H2,16,22)(H,19,21)/b6-5+. The molecule has 118 valence electrons. The number of amides is 2. The van der Waals surface area contributed by atoms with Gasteiger partial charge in [-0.25, -0.2) is 9.97 Å². The molecule has 2 rings (SSSR count). The molecule has 1 fully saturated rings. The minimum Gasteiger partial charge on any atom is -0.368 e. The average molecular weight is 303 g/mol. The van der Waals surface area contributed by atoms with Crippen molar-refractivity contribution in [3.8, 4) is 0 Å². The zero-order chi connectivity index (χ0) is 16.2. The lowest BCUT2D eigenvalue weighted by molar-refractivity contribution is -0.129. The maximum absolute atomic E-state index is 12.0. The molecule has 0 aliphatic heterocycles. The Morgan fingerprint density at radius 1 is 1.27 bits per heavy atom. The lowest BCUT2D eigenvalue weighted by Gasteiger charge is -2.25. The summed E-state index contributed by atoms with van der Waals surface area (Å²) in [6.07, 6.45) is 9.23. The number of carbonyl (C=O) groups is 2. The van der Waals surface area contributed by atoms with Gasteiger partial charge in [-0.3, -0.25) is 9.59 Å². The SMILES string of the molecule is CN(C)c1ncc(/C=C/C(=O)NC2(C(N)=O)CCCC2)cn1. The molecule has 1 aromatic rings. The van der Waals surface area contributed by atoms with Gasteiger partial charge in [-0.15, -0.1) is 0 Å². The van der Waals surface area contributed by atoms with Crippen LogP contribution in [-0.2, 0) is 9.59 Å². The number of hydrogen-bond donors (Lipinski definition) is 2. The van der Waals surface area contributed by atoms with Gasteiger partial charge in [-0.05, 0) is 18.9 Å². The molecule has 1 aliphatic carbocycles. The Labute approximate surface area is 129 Å². The summed E-state index contributed by atoms with van der Waals surface area (Å²) in [5.41, 5.74) is 5.24. The van der Waals surface area contributed by atoms with Crippen molar-refractivity contribution < 1.29 is 9.59 Å². The van der Waals surface area contributed by atoms with E-state index in [-0.39, 0.29) is 5.91 Å². The molecule has 0 radical (unpaired) electrons. The average Bonchev–Trinajstić information content (AvgIpc) is 2.95. The van der Waals surface area contributed by atoms with Crippen LogP contribution in [0.25, 0.3) is 6.08 Å². The van der Waals surface area contributed by atoms with Crippen LogP contribution in [0.4, 0.5) is 5.95 Å². The quantitative estimate of drug-likeness (QED) is 0.770. The summed E-state index contributed by atoms with van der Waals surface area (Å²) in [5.74, 6) is -0.206. The Kier molecular flexibility index (Phi) is 4.75. The molecule has 3 N–H and O–H groups in total. The predicted molar refractivity (Wildman–Crippen MR) is 83.9 cm³/mol. The van der Waals surface area contributed by atoms with Crippen molar-refractivity contribution >= 4 is 23.8 Å². The Morgan fingerprint density at radius 3 is 2.36 bits per heavy atom. The van der Waals surface area contributed by atoms with Gasteiger partial charge in [0, 0.05) is 38.1 Å². The summed E-state index contributed by atoms with van der Waals surface area (Å²) in [4.78, 5) is 33.7. The summed E-state index contributed by atoms with van der Waals surface area (Å²) in [5, 5.41) is 2.74. The highest BCUT2D eigenvalue weighted by Crippen LogP contribution is 2.29. The van der Waals surface area contributed by atoms with Crippen LogP contribution < -0.4 is 16.0 Å². The summed E-state index contributed by atoms with van der Waals surface area (Å²) < 4.78 is 0. The third-order valence-electron chi connectivity index (χ3n) is 3.78. The Bertz CT molecular complexity index is 574. The maximum atomic E-state index is 12.0. The molecular formula is C15H21N5O2. The number of nitrogens with zero attached hydrogens (tertiary/aromatic N) is 3. The van der Waals surface area contributed by atoms with Crippen molar-refractivity contribution in [1.82, 2.24) is 15.3 Å². The lowest BCUT2D eigenvalue weighted by atomic mass is 9.96. The van der Waals surface area contributed by atoms with Crippen molar-refractivity contribution in [2.45, 2.75) is 31.2 Å². The molecule has 7 heteroatoms. The fraction of sp³-hybridized carbons (Fsp3) is 0.467. The number of aromatic nitrogens is 2. The Balaban J connectivity index is 2.00. The third-order valence-corrected chi connectivity index (χ3v) is 3.78. The maximum Gasteiger partial charge on any atom is 0.244 e. The van der Waals surface area contributed by atoms with Gasteiger partial charge in [0.05, 0.1) is 0 Å². The molecule has 0 unspecified atom stereocenters. The van der Waals surface area contributed by atoms with Crippen LogP contribution in [-0.4, -0.2) is 41.4 Å². The first kappa shape index (κ1) is 15.9. The molecule has 22 heavy (non-hydrogen) atoms. The van der Waals surface area contributed by atoms with Gasteiger partial charge in [0.15, 0.2) is 0 Å². The van der Waals surface area contributed by atoms with Crippen molar-refractivity contribution in [3.63, 3.8) is 0 Å². The van der Waals surface area contributed by atoms with Crippen LogP contribution >= 0.6 is 0 Å². The molecule has 1 saturated carbocycles. The zero-order valence-electron chi connectivity index (χ0n) is 12.9. The molecule has 2 amide bonds. The van der Waals surface area contributed by atoms with Crippen LogP contribution in [0, 0.1) is 0 Å². The van der Waals surface area contributed by atoms with Gasteiger partial charge in [-0.2, -0.15) is 0 Å². The second kappa shape index (κ2) is 6.55. The number of primary amides is 1. The van der Waals surface area contributed by atoms with E-state index in [0.29, 0.717) is 24.4 Å². The number of nitrogens with two attached hydrogens (primary N) is 1. The van der Waals surface area contributed by atoms with Gasteiger partial charge in [0.1, 0.15) is 5.54 Å². The molecule has 0 saturated heterocycles. The first-order chi connectivity index (χ1) is 10.4. The predicted octanol–water partition coefficient (Wildman–Crippen LogP) is 0.470. The van der Waals surface area contributed by atoms with Crippen LogP contribution in [0.15, 0.2) is 18.5 Å². The highest BCUT2D eigenvalue weighted by molar-refractivity contribution is 5.97. The third kappa shape index (κ3) is 3.60. The van der Waals surface area contributed by atoms with Crippen LogP contribution in [0.3, 0.4) is 0 Å². The Morgan fingerprint density at radius 2 is 1.86 bits per heavy atom. The minimum absolute atomic E-state index is 0.336. The molecule has 1 aliphatic rings. The van der Waals surface area contributed by atoms with Crippen molar-refractivity contribution in [3.05, 3.63) is 24.0 Å². The van der Waals surface area contributed by atoms with Gasteiger partial charge in [-0.1, -0.05) is 12.8 Å². The van der Waals surface area contributed by atoms with Crippen molar-refractivity contribution in [2.75, 3.05) is 19.0 Å². The van der Waals surface area contributed by atoms with Crippen LogP contribution in [0.2, 0.25) is 0 Å². The number of carbonyl (C=O) groups excluding carboxylic acids is 2. The van der Waals surface area contributed by atoms with E-state index in [1.165, 1.54) is 6.08 Å². The lowest BCUT2D eigenvalue weighted by Crippen LogP contribution is -2.55. The van der Waals surface area contributed by atoms with E-state index in [9.17, 15) is 9.59 Å². The van der Waals surface area contributed by atoms with Crippen molar-refractivity contribution in [1.29, 1.82) is 0 Å². The summed E-state index contributed by atoms with van der Waals surface area (Å²) in [6, 6.07) is 0. The highest BCUT2D eigenvalue weighted by Gasteiger charge is 2.40. The normalized spacial score (nSPS) is 16.6. The van der Waals surface area contributed by atoms with E-state index < -0.39 is 11.4 Å². The highest BCUT2D eigenvalue weighted by atomic mass is 16.2. The van der Waals surface area contributed by atoms with E-state index >= 15 is 0 Å². The fourth-order valence-electron chi connectivity index (χ4n) is 2.51. The molecule has 0 spiro atoms. The van der Waals surface area contributed by atoms with Gasteiger partial charge in [0.25, 0.3) is 0 Å². The topological polar surface area (TPSA) is 101 Å². The van der Waals surface area contributed by atoms with Gasteiger partial charge >= 0.3 is 0 Å². The molecule has 1 aromatic heterocycles. The van der Waals surface area contributed by atoms with E-state index in [1.54, 1.807) is 23.4 Å². The number of anilines is 1. The second-order valence-electron chi connectivity index (χ2n) is 5.69. The molecule has 0 atom stereocenters. The van der Waals surface area contributed by atoms with E-state index in [2.05, 4.69) is 15.3 Å². The molecule has 1 heterocycles. The second-order valence-corrected chi connectivity index (χ2v) is 5.69. The van der Waals surface area contributed by atoms with Crippen LogP contribution in [0.1, 0.15) is 31.2 Å². The summed E-state index contributed by atoms with van der Waals surface area (Å²) in [6.45, 7) is 0. The zero-order valence-corrected chi connectivity index (χ0v) is 12.9. The number of nitrogens with one attached hydrogen (secondary N) is 1. The number of hydrogen-bond acceptors (Lipinski definition) is 5. The van der Waals surface area contributed by atoms with Gasteiger partial charge < -0.3 is 16.0 Å². The molecule has 0 aromatic carbocycles. The minimum atomic E-state index is -0.896. The van der Waals surface area contributed by atoms with Crippen LogP contribution in [0.5, 0.6) is 0 Å². The molecule has 7 nitrogen and oxygen atoms in total. The van der Waals surface area contributed by atoms with E-state index in [4.69, 9.17) is 5.73 Å². The van der Waals surface area contributed by atoms with Gasteiger partial charge in [0.2, 0.25) is 17.8 Å². The van der Waals surface area contributed by atoms with E-state index in [0.717, 1.165) is 12.8 Å². The first-order valence-corrected chi connectivity index (χ1v) is 7.22. The summed E-state index contributed by atoms with van der Waals surface area (Å²) in [7, 11) is 3.70.